The van der Waals surface area contributed by atoms with Crippen LogP contribution in [0.25, 0.3) is 10.9 Å². The zero-order chi connectivity index (χ0) is 19.6. The van der Waals surface area contributed by atoms with Gasteiger partial charge in [0.05, 0.1) is 21.5 Å². The third-order valence-electron chi connectivity index (χ3n) is 4.09. The van der Waals surface area contributed by atoms with Crippen LogP contribution in [0.3, 0.4) is 0 Å². The van der Waals surface area contributed by atoms with Crippen LogP contribution >= 0.6 is 0 Å². The van der Waals surface area contributed by atoms with E-state index < -0.39 is 21.3 Å². The van der Waals surface area contributed by atoms with Gasteiger partial charge >= 0.3 is 5.69 Å². The van der Waals surface area contributed by atoms with Gasteiger partial charge in [-0.05, 0) is 44.4 Å². The highest BCUT2D eigenvalue weighted by atomic mass is 32.2. The molecule has 9 heteroatoms. The molecule has 0 saturated heterocycles. The van der Waals surface area contributed by atoms with Crippen molar-refractivity contribution in [1.82, 2.24) is 14.9 Å². The molecule has 0 saturated carbocycles. The maximum Gasteiger partial charge on any atom is 0.326 e. The number of hydrogen-bond donors (Lipinski definition) is 2. The second-order valence-electron chi connectivity index (χ2n) is 6.33. The first-order valence-electron chi connectivity index (χ1n) is 8.28. The predicted octanol–water partition coefficient (Wildman–Crippen LogP) is 0.973. The Morgan fingerprint density at radius 1 is 0.926 bits per heavy atom. The first-order valence-corrected chi connectivity index (χ1v) is 9.72. The van der Waals surface area contributed by atoms with Gasteiger partial charge in [-0.15, -0.1) is 0 Å². The molecule has 0 aliphatic heterocycles. The summed E-state index contributed by atoms with van der Waals surface area (Å²) in [5, 5.41) is 0.108. The molecule has 1 heterocycles. The number of nitrogens with one attached hydrogen (secondary N) is 2. The number of aromatic amines is 2. The van der Waals surface area contributed by atoms with Crippen molar-refractivity contribution in [2.24, 2.45) is 0 Å². The Morgan fingerprint density at radius 3 is 2.30 bits per heavy atom. The maximum atomic E-state index is 13.3. The molecule has 0 unspecified atom stereocenters. The zero-order valence-corrected chi connectivity index (χ0v) is 15.8. The second kappa shape index (κ2) is 7.37. The molecule has 0 atom stereocenters. The molecule has 3 aromatic rings. The number of anilines is 1. The molecule has 0 spiro atoms. The highest BCUT2D eigenvalue weighted by Crippen LogP contribution is 2.24. The largest absolute Gasteiger partial charge is 0.326 e. The lowest BCUT2D eigenvalue weighted by molar-refractivity contribution is 0.419. The smallest absolute Gasteiger partial charge is 0.308 e. The number of para-hydroxylation sites is 1. The number of benzene rings is 2. The van der Waals surface area contributed by atoms with Crippen molar-refractivity contribution in [3.8, 4) is 0 Å². The van der Waals surface area contributed by atoms with Gasteiger partial charge in [0, 0.05) is 13.1 Å². The fourth-order valence-electron chi connectivity index (χ4n) is 2.71. The Balaban J connectivity index is 2.12. The Kier molecular flexibility index (Phi) is 5.15. The molecule has 1 aromatic heterocycles. The van der Waals surface area contributed by atoms with Gasteiger partial charge in [0.1, 0.15) is 0 Å². The van der Waals surface area contributed by atoms with Crippen molar-refractivity contribution in [3.05, 3.63) is 69.4 Å². The summed E-state index contributed by atoms with van der Waals surface area (Å²) in [5.41, 5.74) is -0.456. The van der Waals surface area contributed by atoms with Crippen LogP contribution in [-0.4, -0.2) is 50.5 Å². The summed E-state index contributed by atoms with van der Waals surface area (Å²) in [7, 11) is -0.181. The molecule has 27 heavy (non-hydrogen) atoms. The van der Waals surface area contributed by atoms with Crippen LogP contribution in [0.2, 0.25) is 0 Å². The third-order valence-corrected chi connectivity index (χ3v) is 5.92. The van der Waals surface area contributed by atoms with E-state index in [-0.39, 0.29) is 22.3 Å². The number of rotatable bonds is 6. The van der Waals surface area contributed by atoms with E-state index >= 15 is 0 Å². The van der Waals surface area contributed by atoms with E-state index in [1.165, 1.54) is 22.5 Å². The first kappa shape index (κ1) is 18.9. The van der Waals surface area contributed by atoms with Crippen molar-refractivity contribution in [2.75, 3.05) is 31.5 Å². The van der Waals surface area contributed by atoms with Gasteiger partial charge in [-0.1, -0.05) is 18.2 Å². The normalized spacial score (nSPS) is 11.8. The second-order valence-corrected chi connectivity index (χ2v) is 8.19. The Morgan fingerprint density at radius 2 is 1.63 bits per heavy atom. The van der Waals surface area contributed by atoms with Crippen LogP contribution in [0.4, 0.5) is 5.69 Å². The van der Waals surface area contributed by atoms with E-state index in [1.807, 2.05) is 25.1 Å². The quantitative estimate of drug-likeness (QED) is 0.655. The molecular formula is C18H20N4O4S. The molecule has 0 radical (unpaired) electrons. The van der Waals surface area contributed by atoms with Gasteiger partial charge in [-0.25, -0.2) is 13.2 Å². The summed E-state index contributed by atoms with van der Waals surface area (Å²) in [5.74, 6) is 0. The van der Waals surface area contributed by atoms with E-state index in [0.29, 0.717) is 12.2 Å². The van der Waals surface area contributed by atoms with E-state index in [1.54, 1.807) is 24.3 Å². The summed E-state index contributed by atoms with van der Waals surface area (Å²) in [6.07, 6.45) is 0. The molecule has 2 aromatic carbocycles. The van der Waals surface area contributed by atoms with Gasteiger partial charge in [-0.3, -0.25) is 14.1 Å². The van der Waals surface area contributed by atoms with Crippen LogP contribution in [0.15, 0.2) is 63.0 Å². The highest BCUT2D eigenvalue weighted by Gasteiger charge is 2.25. The monoisotopic (exact) mass is 388 g/mol. The molecule has 0 fully saturated rings. The summed E-state index contributed by atoms with van der Waals surface area (Å²) >= 11 is 0. The highest BCUT2D eigenvalue weighted by molar-refractivity contribution is 7.92. The van der Waals surface area contributed by atoms with Crippen molar-refractivity contribution in [2.45, 2.75) is 4.90 Å². The molecule has 8 nitrogen and oxygen atoms in total. The minimum Gasteiger partial charge on any atom is -0.308 e. The van der Waals surface area contributed by atoms with Gasteiger partial charge < -0.3 is 9.88 Å². The van der Waals surface area contributed by atoms with Crippen LogP contribution in [0.5, 0.6) is 0 Å². The minimum absolute atomic E-state index is 0.0184. The number of likely N-dealkylation sites (N-methyl/N-ethyl adjacent to an activating group) is 1. The fraction of sp³-hybridized carbons (Fsp3) is 0.222. The summed E-state index contributed by atoms with van der Waals surface area (Å²) in [4.78, 5) is 29.9. The van der Waals surface area contributed by atoms with E-state index in [4.69, 9.17) is 0 Å². The molecule has 3 rings (SSSR count). The molecule has 0 aliphatic carbocycles. The molecule has 0 amide bonds. The topological polar surface area (TPSA) is 106 Å². The minimum atomic E-state index is -3.91. The predicted molar refractivity (Wildman–Crippen MR) is 105 cm³/mol. The summed E-state index contributed by atoms with van der Waals surface area (Å²) < 4.78 is 27.9. The number of H-pyrrole nitrogens is 2. The lowest BCUT2D eigenvalue weighted by Gasteiger charge is -2.26. The number of sulfonamides is 1. The van der Waals surface area contributed by atoms with Crippen LogP contribution in [-0.2, 0) is 10.0 Å². The van der Waals surface area contributed by atoms with Crippen molar-refractivity contribution >= 4 is 26.6 Å². The van der Waals surface area contributed by atoms with Gasteiger partial charge in [0.2, 0.25) is 0 Å². The molecule has 142 valence electrons. The Bertz CT molecular complexity index is 1170. The van der Waals surface area contributed by atoms with E-state index in [9.17, 15) is 18.0 Å². The Labute approximate surface area is 156 Å². The SMILES string of the molecule is CN(C)CCN(c1ccccc1)S(=O)(=O)c1ccc2[nH]c(=O)[nH]c(=O)c2c1. The first-order chi connectivity index (χ1) is 12.8. The Hall–Kier alpha value is -2.91. The zero-order valence-electron chi connectivity index (χ0n) is 15.0. The third kappa shape index (κ3) is 3.93. The summed E-state index contributed by atoms with van der Waals surface area (Å²) in [6.45, 7) is 0.773. The number of nitrogens with zero attached hydrogens (tertiary/aromatic N) is 2. The van der Waals surface area contributed by atoms with Crippen LogP contribution < -0.4 is 15.6 Å². The lowest BCUT2D eigenvalue weighted by Crippen LogP contribution is -2.36. The standard InChI is InChI=1S/C18H20N4O4S/c1-21(2)10-11-22(13-6-4-3-5-7-13)27(25,26)14-8-9-16-15(12-14)17(23)20-18(24)19-16/h3-9,12H,10-11H2,1-2H3,(H2,19,20,23,24). The van der Waals surface area contributed by atoms with Crippen LogP contribution in [0, 0.1) is 0 Å². The molecule has 2 N–H and O–H groups in total. The maximum absolute atomic E-state index is 13.3. The molecular weight excluding hydrogens is 368 g/mol. The fourth-order valence-corrected chi connectivity index (χ4v) is 4.19. The van der Waals surface area contributed by atoms with Gasteiger partial charge in [0.25, 0.3) is 15.6 Å². The lowest BCUT2D eigenvalue weighted by atomic mass is 10.2. The number of aromatic nitrogens is 2. The number of hydrogen-bond acceptors (Lipinski definition) is 5. The summed E-state index contributed by atoms with van der Waals surface area (Å²) in [6, 6.07) is 12.9. The van der Waals surface area contributed by atoms with E-state index in [0.717, 1.165) is 0 Å². The van der Waals surface area contributed by atoms with Gasteiger partial charge in [-0.2, -0.15) is 0 Å². The molecule has 0 aliphatic rings. The van der Waals surface area contributed by atoms with Crippen molar-refractivity contribution < 1.29 is 8.42 Å². The van der Waals surface area contributed by atoms with Crippen LogP contribution in [0.1, 0.15) is 0 Å². The average molecular weight is 388 g/mol. The number of fused-ring (bicyclic) bond motifs is 1. The van der Waals surface area contributed by atoms with Crippen molar-refractivity contribution in [1.29, 1.82) is 0 Å². The van der Waals surface area contributed by atoms with E-state index in [2.05, 4.69) is 9.97 Å². The molecule has 0 bridgehead atoms. The van der Waals surface area contributed by atoms with Gasteiger partial charge in [0.15, 0.2) is 0 Å². The van der Waals surface area contributed by atoms with Crippen molar-refractivity contribution in [3.63, 3.8) is 0 Å². The average Bonchev–Trinajstić information content (AvgIpc) is 2.62.